The summed E-state index contributed by atoms with van der Waals surface area (Å²) in [5.41, 5.74) is 0.259. The predicted octanol–water partition coefficient (Wildman–Crippen LogP) is 1.72. The topological polar surface area (TPSA) is 95.7 Å². The number of pyridine rings is 1. The third-order valence-electron chi connectivity index (χ3n) is 2.47. The zero-order chi connectivity index (χ0) is 15.6. The van der Waals surface area contributed by atoms with E-state index in [-0.39, 0.29) is 16.8 Å². The molecule has 2 amide bonds. The lowest BCUT2D eigenvalue weighted by atomic mass is 10.2. The van der Waals surface area contributed by atoms with E-state index in [4.69, 9.17) is 5.11 Å². The van der Waals surface area contributed by atoms with Crippen LogP contribution in [-0.4, -0.2) is 39.4 Å². The lowest BCUT2D eigenvalue weighted by molar-refractivity contribution is -0.123. The Hall–Kier alpha value is -2.78. The van der Waals surface area contributed by atoms with Gasteiger partial charge in [-0.05, 0) is 12.1 Å². The van der Waals surface area contributed by atoms with E-state index in [0.717, 1.165) is 6.20 Å². The van der Waals surface area contributed by atoms with E-state index in [2.05, 4.69) is 10.4 Å². The summed E-state index contributed by atoms with van der Waals surface area (Å²) in [7, 11) is 0. The highest BCUT2D eigenvalue weighted by molar-refractivity contribution is 6.01. The van der Waals surface area contributed by atoms with Gasteiger partial charge in [0.25, 0.3) is 5.91 Å². The Kier molecular flexibility index (Phi) is 3.70. The van der Waals surface area contributed by atoms with Gasteiger partial charge in [0.15, 0.2) is 0 Å². The minimum absolute atomic E-state index is 0.0895. The molecule has 2 heterocycles. The molecule has 0 aromatic carbocycles. The van der Waals surface area contributed by atoms with Gasteiger partial charge >= 0.3 is 12.3 Å². The van der Waals surface area contributed by atoms with E-state index in [1.54, 1.807) is 5.32 Å². The first-order chi connectivity index (χ1) is 9.76. The molecule has 112 valence electrons. The molecule has 10 heteroatoms. The molecule has 0 aliphatic heterocycles. The van der Waals surface area contributed by atoms with Gasteiger partial charge < -0.3 is 10.4 Å². The van der Waals surface area contributed by atoms with Crippen molar-refractivity contribution in [2.75, 3.05) is 11.9 Å². The lowest BCUT2D eigenvalue weighted by Gasteiger charge is -2.07. The summed E-state index contributed by atoms with van der Waals surface area (Å²) < 4.78 is 37.5. The summed E-state index contributed by atoms with van der Waals surface area (Å²) in [4.78, 5) is 22.2. The monoisotopic (exact) mass is 302 g/mol. The van der Waals surface area contributed by atoms with E-state index >= 15 is 0 Å². The summed E-state index contributed by atoms with van der Waals surface area (Å²) in [5, 5.41) is 16.2. The lowest BCUT2D eigenvalue weighted by Crippen LogP contribution is -2.33. The molecule has 2 aromatic rings. The third-order valence-corrected chi connectivity index (χ3v) is 2.47. The predicted molar refractivity (Wildman–Crippen MR) is 65.2 cm³/mol. The van der Waals surface area contributed by atoms with Crippen molar-refractivity contribution in [3.8, 4) is 0 Å². The molecule has 3 N–H and O–H groups in total. The molecule has 0 spiro atoms. The largest absolute Gasteiger partial charge is 0.465 e. The van der Waals surface area contributed by atoms with Crippen LogP contribution in [0.4, 0.5) is 23.7 Å². The molecule has 21 heavy (non-hydrogen) atoms. The average molecular weight is 302 g/mol. The minimum atomic E-state index is -4.52. The number of amides is 2. The second-order valence-electron chi connectivity index (χ2n) is 4.03. The van der Waals surface area contributed by atoms with Gasteiger partial charge in [-0.1, -0.05) is 0 Å². The van der Waals surface area contributed by atoms with Crippen LogP contribution in [0, 0.1) is 0 Å². The highest BCUT2D eigenvalue weighted by Gasteiger charge is 2.28. The van der Waals surface area contributed by atoms with Crippen molar-refractivity contribution < 1.29 is 27.9 Å². The second-order valence-corrected chi connectivity index (χ2v) is 4.03. The molecule has 0 atom stereocenters. The Labute approximate surface area is 115 Å². The van der Waals surface area contributed by atoms with Gasteiger partial charge in [-0.2, -0.15) is 18.3 Å². The van der Waals surface area contributed by atoms with Crippen molar-refractivity contribution in [2.24, 2.45) is 0 Å². The molecule has 0 saturated carbocycles. The number of fused-ring (bicyclic) bond motifs is 1. The highest BCUT2D eigenvalue weighted by atomic mass is 19.4. The zero-order valence-corrected chi connectivity index (χ0v) is 10.3. The van der Waals surface area contributed by atoms with Crippen LogP contribution >= 0.6 is 0 Å². The quantitative estimate of drug-likeness (QED) is 0.804. The molecule has 7 nitrogen and oxygen atoms in total. The molecule has 0 radical (unpaired) electrons. The van der Waals surface area contributed by atoms with Gasteiger partial charge in [-0.15, -0.1) is 0 Å². The summed E-state index contributed by atoms with van der Waals surface area (Å²) in [6.45, 7) is -1.46. The number of carboxylic acid groups (broad SMARTS) is 1. The van der Waals surface area contributed by atoms with E-state index in [9.17, 15) is 22.8 Å². The first-order valence-corrected chi connectivity index (χ1v) is 5.58. The molecular weight excluding hydrogens is 293 g/mol. The average Bonchev–Trinajstić information content (AvgIpc) is 2.77. The number of anilines is 1. The maximum Gasteiger partial charge on any atom is 0.409 e. The number of nitrogens with zero attached hydrogens (tertiary/aromatic N) is 2. The van der Waals surface area contributed by atoms with Crippen molar-refractivity contribution in [3.05, 3.63) is 30.1 Å². The maximum atomic E-state index is 12.1. The first kappa shape index (κ1) is 14.6. The number of nitrogens with one attached hydrogen (secondary N) is 2. The summed E-state index contributed by atoms with van der Waals surface area (Å²) >= 11 is 0. The van der Waals surface area contributed by atoms with Gasteiger partial charge in [-0.25, -0.2) is 9.31 Å². The van der Waals surface area contributed by atoms with E-state index in [0.29, 0.717) is 0 Å². The van der Waals surface area contributed by atoms with Gasteiger partial charge in [0.1, 0.15) is 6.54 Å². The minimum Gasteiger partial charge on any atom is -0.465 e. The first-order valence-electron chi connectivity index (χ1n) is 5.58. The molecule has 0 saturated heterocycles. The third kappa shape index (κ3) is 3.61. The van der Waals surface area contributed by atoms with Crippen LogP contribution in [0.5, 0.6) is 0 Å². The molecule has 2 rings (SSSR count). The van der Waals surface area contributed by atoms with Crippen LogP contribution in [0.3, 0.4) is 0 Å². The SMILES string of the molecule is O=C(O)Nc1ccn2ncc(C(=O)NCC(F)(F)F)c2c1. The van der Waals surface area contributed by atoms with Crippen LogP contribution < -0.4 is 10.6 Å². The Morgan fingerprint density at radius 3 is 2.71 bits per heavy atom. The standard InChI is InChI=1S/C11H9F3N4O3/c12-11(13,14)5-15-9(19)7-4-16-18-2-1-6(3-8(7)18)17-10(20)21/h1-4,17H,5H2,(H,15,19)(H,20,21). The molecule has 2 aromatic heterocycles. The number of aromatic nitrogens is 2. The summed E-state index contributed by atoms with van der Waals surface area (Å²) in [6.07, 6.45) is -3.34. The van der Waals surface area contributed by atoms with Gasteiger partial charge in [0.2, 0.25) is 0 Å². The number of carbonyl (C=O) groups is 2. The molecule has 0 aliphatic carbocycles. The fourth-order valence-corrected chi connectivity index (χ4v) is 1.63. The van der Waals surface area contributed by atoms with Gasteiger partial charge in [0, 0.05) is 11.9 Å². The molecular formula is C11H9F3N4O3. The maximum absolute atomic E-state index is 12.1. The van der Waals surface area contributed by atoms with E-state index < -0.39 is 24.7 Å². The number of rotatable bonds is 3. The van der Waals surface area contributed by atoms with Crippen molar-refractivity contribution in [2.45, 2.75) is 6.18 Å². The number of alkyl halides is 3. The van der Waals surface area contributed by atoms with Crippen LogP contribution in [-0.2, 0) is 0 Å². The number of hydrogen-bond donors (Lipinski definition) is 3. The van der Waals surface area contributed by atoms with Gasteiger partial charge in [0.05, 0.1) is 17.3 Å². The number of hydrogen-bond acceptors (Lipinski definition) is 3. The summed E-state index contributed by atoms with van der Waals surface area (Å²) in [5.74, 6) is -0.949. The molecule has 0 unspecified atom stereocenters. The smallest absolute Gasteiger partial charge is 0.409 e. The summed E-state index contributed by atoms with van der Waals surface area (Å²) in [6, 6.07) is 2.69. The van der Waals surface area contributed by atoms with Crippen LogP contribution in [0.25, 0.3) is 5.52 Å². The van der Waals surface area contributed by atoms with Gasteiger partial charge in [-0.3, -0.25) is 10.1 Å². The Balaban J connectivity index is 2.27. The van der Waals surface area contributed by atoms with Crippen molar-refractivity contribution in [1.29, 1.82) is 0 Å². The van der Waals surface area contributed by atoms with Crippen molar-refractivity contribution in [3.63, 3.8) is 0 Å². The van der Waals surface area contributed by atoms with E-state index in [1.807, 2.05) is 0 Å². The Morgan fingerprint density at radius 1 is 1.38 bits per heavy atom. The van der Waals surface area contributed by atoms with Crippen LogP contribution in [0.2, 0.25) is 0 Å². The number of halogens is 3. The van der Waals surface area contributed by atoms with E-state index in [1.165, 1.54) is 22.8 Å². The zero-order valence-electron chi connectivity index (χ0n) is 10.3. The highest BCUT2D eigenvalue weighted by Crippen LogP contribution is 2.17. The number of carbonyl (C=O) groups excluding carboxylic acids is 1. The van der Waals surface area contributed by atoms with Crippen LogP contribution in [0.1, 0.15) is 10.4 Å². The fraction of sp³-hybridized carbons (Fsp3) is 0.182. The van der Waals surface area contributed by atoms with Crippen molar-refractivity contribution in [1.82, 2.24) is 14.9 Å². The fourth-order valence-electron chi connectivity index (χ4n) is 1.63. The Bertz CT molecular complexity index is 696. The Morgan fingerprint density at radius 2 is 2.10 bits per heavy atom. The normalized spacial score (nSPS) is 11.4. The molecule has 0 aliphatic rings. The molecule has 0 fully saturated rings. The second kappa shape index (κ2) is 5.31. The van der Waals surface area contributed by atoms with Crippen LogP contribution in [0.15, 0.2) is 24.5 Å². The molecule has 0 bridgehead atoms. The van der Waals surface area contributed by atoms with Crippen molar-refractivity contribution >= 4 is 23.2 Å².